The van der Waals surface area contributed by atoms with Gasteiger partial charge < -0.3 is 19.9 Å². The number of hydrogen-bond acceptors (Lipinski definition) is 4. The minimum absolute atomic E-state index is 0.0259. The standard InChI is InChI=1S/C28H30N4O2/c1-19(2)21-12-14-22(15-13-21)29-28(33)32-17-16-31(18-20(32)3)27-23-8-4-6-10-25(23)34-26-11-7-5-9-24(26)30-27/h4-15,19-20H,16-18H2,1-3H3,(H,29,33). The fraction of sp³-hybridized carbons (Fsp3) is 0.286. The van der Waals surface area contributed by atoms with E-state index in [1.807, 2.05) is 65.6 Å². The van der Waals surface area contributed by atoms with Crippen molar-refractivity contribution in [1.29, 1.82) is 0 Å². The van der Waals surface area contributed by atoms with Crippen LogP contribution in [0.4, 0.5) is 16.2 Å². The molecule has 2 aliphatic rings. The second kappa shape index (κ2) is 9.21. The van der Waals surface area contributed by atoms with Crippen LogP contribution in [-0.2, 0) is 0 Å². The lowest BCUT2D eigenvalue weighted by Crippen LogP contribution is -2.56. The summed E-state index contributed by atoms with van der Waals surface area (Å²) in [6, 6.07) is 23.9. The number of nitrogens with zero attached hydrogens (tertiary/aromatic N) is 3. The van der Waals surface area contributed by atoms with Gasteiger partial charge in [-0.2, -0.15) is 0 Å². The highest BCUT2D eigenvalue weighted by atomic mass is 16.5. The molecule has 0 spiro atoms. The molecule has 6 nitrogen and oxygen atoms in total. The monoisotopic (exact) mass is 454 g/mol. The van der Waals surface area contributed by atoms with E-state index in [1.54, 1.807) is 0 Å². The number of ether oxygens (including phenoxy) is 1. The van der Waals surface area contributed by atoms with Crippen LogP contribution in [0.1, 0.15) is 37.8 Å². The largest absolute Gasteiger partial charge is 0.454 e. The zero-order valence-corrected chi connectivity index (χ0v) is 19.9. The Bertz CT molecular complexity index is 1220. The van der Waals surface area contributed by atoms with E-state index < -0.39 is 0 Å². The van der Waals surface area contributed by atoms with Crippen molar-refractivity contribution in [3.05, 3.63) is 83.9 Å². The molecule has 0 aromatic heterocycles. The maximum atomic E-state index is 13.0. The molecule has 0 bridgehead atoms. The van der Waals surface area contributed by atoms with E-state index in [-0.39, 0.29) is 12.1 Å². The molecule has 2 amide bonds. The topological polar surface area (TPSA) is 57.2 Å². The first-order valence-electron chi connectivity index (χ1n) is 11.9. The molecule has 1 atom stereocenters. The number of amidine groups is 1. The first-order chi connectivity index (χ1) is 16.5. The average molecular weight is 455 g/mol. The molecule has 1 saturated heterocycles. The van der Waals surface area contributed by atoms with Crippen LogP contribution in [-0.4, -0.2) is 47.3 Å². The third-order valence-electron chi connectivity index (χ3n) is 6.46. The average Bonchev–Trinajstić information content (AvgIpc) is 3.01. The van der Waals surface area contributed by atoms with Crippen LogP contribution in [0.5, 0.6) is 11.5 Å². The van der Waals surface area contributed by atoms with Gasteiger partial charge in [0.05, 0.1) is 5.56 Å². The highest BCUT2D eigenvalue weighted by molar-refractivity contribution is 6.04. The van der Waals surface area contributed by atoms with Gasteiger partial charge in [-0.1, -0.05) is 50.2 Å². The molecule has 1 unspecified atom stereocenters. The van der Waals surface area contributed by atoms with Crippen LogP contribution in [0.3, 0.4) is 0 Å². The van der Waals surface area contributed by atoms with Gasteiger partial charge in [-0.3, -0.25) is 0 Å². The van der Waals surface area contributed by atoms with E-state index in [9.17, 15) is 4.79 Å². The number of aliphatic imine (C=N–C) groups is 1. The predicted molar refractivity (Wildman–Crippen MR) is 136 cm³/mol. The number of nitrogens with one attached hydrogen (secondary N) is 1. The van der Waals surface area contributed by atoms with E-state index in [0.29, 0.717) is 25.6 Å². The molecular formula is C28H30N4O2. The van der Waals surface area contributed by atoms with E-state index in [1.165, 1.54) is 5.56 Å². The molecule has 3 aromatic rings. The van der Waals surface area contributed by atoms with Crippen molar-refractivity contribution in [2.75, 3.05) is 25.0 Å². The van der Waals surface area contributed by atoms with Gasteiger partial charge in [0.1, 0.15) is 17.3 Å². The van der Waals surface area contributed by atoms with E-state index >= 15 is 0 Å². The normalized spacial score (nSPS) is 17.3. The van der Waals surface area contributed by atoms with Crippen LogP contribution in [0, 0.1) is 0 Å². The summed E-state index contributed by atoms with van der Waals surface area (Å²) in [4.78, 5) is 22.2. The van der Waals surface area contributed by atoms with Gasteiger partial charge >= 0.3 is 6.03 Å². The maximum absolute atomic E-state index is 13.0. The SMILES string of the molecule is CC(C)c1ccc(NC(=O)N2CCN(C3=Nc4ccccc4Oc4ccccc43)CC2C)cc1. The van der Waals surface area contributed by atoms with Crippen molar-refractivity contribution in [1.82, 2.24) is 9.80 Å². The highest BCUT2D eigenvalue weighted by Gasteiger charge is 2.31. The summed E-state index contributed by atoms with van der Waals surface area (Å²) >= 11 is 0. The predicted octanol–water partition coefficient (Wildman–Crippen LogP) is 6.23. The van der Waals surface area contributed by atoms with Gasteiger partial charge in [0.25, 0.3) is 0 Å². The number of piperazine rings is 1. The number of para-hydroxylation sites is 3. The molecule has 3 aromatic carbocycles. The maximum Gasteiger partial charge on any atom is 0.322 e. The Balaban J connectivity index is 1.33. The quantitative estimate of drug-likeness (QED) is 0.499. The lowest BCUT2D eigenvalue weighted by molar-refractivity contribution is 0.145. The Morgan fingerprint density at radius 2 is 1.68 bits per heavy atom. The van der Waals surface area contributed by atoms with Crippen molar-refractivity contribution in [3.63, 3.8) is 0 Å². The number of fused-ring (bicyclic) bond motifs is 2. The summed E-state index contributed by atoms with van der Waals surface area (Å²) in [5.41, 5.74) is 3.86. The molecular weight excluding hydrogens is 424 g/mol. The Labute approximate surface area is 200 Å². The van der Waals surface area contributed by atoms with Crippen molar-refractivity contribution < 1.29 is 9.53 Å². The lowest BCUT2D eigenvalue weighted by atomic mass is 10.0. The van der Waals surface area contributed by atoms with Crippen LogP contribution >= 0.6 is 0 Å². The number of carbonyl (C=O) groups is 1. The van der Waals surface area contributed by atoms with Gasteiger partial charge in [0.15, 0.2) is 5.75 Å². The van der Waals surface area contributed by atoms with Crippen LogP contribution in [0.25, 0.3) is 0 Å². The Morgan fingerprint density at radius 3 is 2.41 bits per heavy atom. The third-order valence-corrected chi connectivity index (χ3v) is 6.46. The molecule has 1 N–H and O–H groups in total. The summed E-state index contributed by atoms with van der Waals surface area (Å²) in [6.45, 7) is 8.41. The van der Waals surface area contributed by atoms with Gasteiger partial charge in [-0.25, -0.2) is 9.79 Å². The fourth-order valence-corrected chi connectivity index (χ4v) is 4.51. The second-order valence-corrected chi connectivity index (χ2v) is 9.20. The Kier molecular flexibility index (Phi) is 5.97. The zero-order valence-electron chi connectivity index (χ0n) is 19.9. The number of anilines is 1. The fourth-order valence-electron chi connectivity index (χ4n) is 4.51. The van der Waals surface area contributed by atoms with E-state index in [0.717, 1.165) is 34.3 Å². The number of carbonyl (C=O) groups excluding carboxylic acids is 1. The minimum atomic E-state index is -0.0682. The number of hydrogen-bond donors (Lipinski definition) is 1. The number of amides is 2. The molecule has 174 valence electrons. The molecule has 0 radical (unpaired) electrons. The minimum Gasteiger partial charge on any atom is -0.454 e. The Hall–Kier alpha value is -3.80. The van der Waals surface area contributed by atoms with Gasteiger partial charge in [0.2, 0.25) is 0 Å². The van der Waals surface area contributed by atoms with Crippen LogP contribution in [0.15, 0.2) is 77.8 Å². The molecule has 2 heterocycles. The summed E-state index contributed by atoms with van der Waals surface area (Å²) in [5, 5.41) is 3.06. The zero-order chi connectivity index (χ0) is 23.7. The molecule has 1 fully saturated rings. The summed E-state index contributed by atoms with van der Waals surface area (Å²) in [7, 11) is 0. The molecule has 6 heteroatoms. The van der Waals surface area contributed by atoms with Gasteiger partial charge in [0, 0.05) is 31.4 Å². The van der Waals surface area contributed by atoms with Gasteiger partial charge in [-0.15, -0.1) is 0 Å². The summed E-state index contributed by atoms with van der Waals surface area (Å²) < 4.78 is 6.18. The van der Waals surface area contributed by atoms with Crippen LogP contribution in [0.2, 0.25) is 0 Å². The Morgan fingerprint density at radius 1 is 0.971 bits per heavy atom. The first-order valence-corrected chi connectivity index (χ1v) is 11.9. The molecule has 0 aliphatic carbocycles. The first kappa shape index (κ1) is 22.0. The smallest absolute Gasteiger partial charge is 0.322 e. The number of benzene rings is 3. The summed E-state index contributed by atoms with van der Waals surface area (Å²) in [6.07, 6.45) is 0. The second-order valence-electron chi connectivity index (χ2n) is 9.20. The van der Waals surface area contributed by atoms with Crippen molar-refractivity contribution >= 4 is 23.2 Å². The van der Waals surface area contributed by atoms with Gasteiger partial charge in [-0.05, 0) is 54.8 Å². The van der Waals surface area contributed by atoms with E-state index in [4.69, 9.17) is 9.73 Å². The molecule has 34 heavy (non-hydrogen) atoms. The number of urea groups is 1. The summed E-state index contributed by atoms with van der Waals surface area (Å²) in [5.74, 6) is 2.90. The van der Waals surface area contributed by atoms with E-state index in [2.05, 4.69) is 43.1 Å². The third kappa shape index (κ3) is 4.36. The number of rotatable bonds is 2. The molecule has 0 saturated carbocycles. The van der Waals surface area contributed by atoms with Crippen molar-refractivity contribution in [3.8, 4) is 11.5 Å². The van der Waals surface area contributed by atoms with Crippen molar-refractivity contribution in [2.24, 2.45) is 4.99 Å². The van der Waals surface area contributed by atoms with Crippen LogP contribution < -0.4 is 10.1 Å². The molecule has 2 aliphatic heterocycles. The molecule has 5 rings (SSSR count). The van der Waals surface area contributed by atoms with Crippen molar-refractivity contribution in [2.45, 2.75) is 32.7 Å². The highest BCUT2D eigenvalue weighted by Crippen LogP contribution is 2.38. The lowest BCUT2D eigenvalue weighted by Gasteiger charge is -2.41.